The van der Waals surface area contributed by atoms with Gasteiger partial charge in [-0.2, -0.15) is 0 Å². The topological polar surface area (TPSA) is 38.7 Å². The first-order valence-electron chi connectivity index (χ1n) is 7.30. The molecule has 25 heavy (non-hydrogen) atoms. The van der Waals surface area contributed by atoms with Crippen LogP contribution in [0.15, 0.2) is 53.5 Å². The Bertz CT molecular complexity index is 976. The van der Waals surface area contributed by atoms with Crippen molar-refractivity contribution in [1.82, 2.24) is 0 Å². The highest BCUT2D eigenvalue weighted by Gasteiger charge is 2.15. The Kier molecular flexibility index (Phi) is 5.28. The zero-order valence-electron chi connectivity index (χ0n) is 13.1. The lowest BCUT2D eigenvalue weighted by molar-refractivity contribution is 0.100. The number of amides is 1. The molecule has 0 heterocycles. The second-order valence-electron chi connectivity index (χ2n) is 5.21. The smallest absolute Gasteiger partial charge is 0.280 e. The van der Waals surface area contributed by atoms with Gasteiger partial charge in [-0.1, -0.05) is 65.1 Å². The summed E-state index contributed by atoms with van der Waals surface area (Å²) in [7, 11) is 1.57. The van der Waals surface area contributed by atoms with Gasteiger partial charge in [-0.05, 0) is 29.0 Å². The molecule has 3 nitrogen and oxygen atoms in total. The minimum Gasteiger partial charge on any atom is -0.496 e. The van der Waals surface area contributed by atoms with Crippen LogP contribution in [0.4, 0.5) is 0 Å². The average Bonchev–Trinajstić information content (AvgIpc) is 2.58. The number of fused-ring (bicyclic) bond motifs is 1. The summed E-state index contributed by atoms with van der Waals surface area (Å²) < 4.78 is 5.38. The SMILES string of the molecule is COc1ccc2ccccc2c1C=NC(=O)c1c(Cl)cc(Cl)cc1Cl. The molecule has 0 aromatic heterocycles. The van der Waals surface area contributed by atoms with E-state index in [1.54, 1.807) is 7.11 Å². The van der Waals surface area contributed by atoms with E-state index in [9.17, 15) is 4.79 Å². The number of methoxy groups -OCH3 is 1. The molecule has 126 valence electrons. The molecule has 0 unspecified atom stereocenters. The molecule has 0 aliphatic carbocycles. The average molecular weight is 393 g/mol. The number of nitrogens with zero attached hydrogens (tertiary/aromatic N) is 1. The van der Waals surface area contributed by atoms with Crippen LogP contribution in [0, 0.1) is 0 Å². The van der Waals surface area contributed by atoms with Gasteiger partial charge < -0.3 is 4.74 Å². The number of carbonyl (C=O) groups is 1. The number of hydrogen-bond donors (Lipinski definition) is 0. The number of benzene rings is 3. The number of hydrogen-bond acceptors (Lipinski definition) is 2. The Balaban J connectivity index is 2.06. The van der Waals surface area contributed by atoms with Crippen LogP contribution in [0.1, 0.15) is 15.9 Å². The van der Waals surface area contributed by atoms with Crippen LogP contribution in [0.2, 0.25) is 15.1 Å². The van der Waals surface area contributed by atoms with E-state index in [4.69, 9.17) is 39.5 Å². The van der Waals surface area contributed by atoms with Gasteiger partial charge in [0.25, 0.3) is 5.91 Å². The Morgan fingerprint density at radius 1 is 1.04 bits per heavy atom. The summed E-state index contributed by atoms with van der Waals surface area (Å²) in [5.41, 5.74) is 0.818. The largest absolute Gasteiger partial charge is 0.496 e. The van der Waals surface area contributed by atoms with Crippen molar-refractivity contribution >= 4 is 57.7 Å². The highest BCUT2D eigenvalue weighted by atomic mass is 35.5. The molecule has 0 aliphatic rings. The molecule has 0 saturated heterocycles. The highest BCUT2D eigenvalue weighted by molar-refractivity contribution is 6.42. The van der Waals surface area contributed by atoms with Crippen molar-refractivity contribution in [3.05, 3.63) is 74.7 Å². The third-order valence-corrected chi connectivity index (χ3v) is 4.50. The van der Waals surface area contributed by atoms with Crippen LogP contribution in [-0.2, 0) is 0 Å². The number of halogens is 3. The molecule has 3 aromatic rings. The maximum atomic E-state index is 12.5. The minimum atomic E-state index is -0.554. The quantitative estimate of drug-likeness (QED) is 0.508. The van der Waals surface area contributed by atoms with E-state index in [0.717, 1.165) is 10.8 Å². The molecule has 1 amide bonds. The zero-order chi connectivity index (χ0) is 18.0. The molecule has 0 atom stereocenters. The van der Waals surface area contributed by atoms with Gasteiger partial charge >= 0.3 is 0 Å². The van der Waals surface area contributed by atoms with Crippen LogP contribution in [-0.4, -0.2) is 19.2 Å². The molecule has 0 radical (unpaired) electrons. The molecule has 6 heteroatoms. The van der Waals surface area contributed by atoms with Crippen LogP contribution in [0.3, 0.4) is 0 Å². The Labute approximate surface area is 159 Å². The third-order valence-electron chi connectivity index (χ3n) is 3.68. The maximum absolute atomic E-state index is 12.5. The summed E-state index contributed by atoms with van der Waals surface area (Å²) in [5, 5.41) is 2.60. The van der Waals surface area contributed by atoms with Crippen molar-refractivity contribution in [2.45, 2.75) is 0 Å². The van der Waals surface area contributed by atoms with Gasteiger partial charge in [-0.15, -0.1) is 0 Å². The standard InChI is InChI=1S/C19H12Cl3NO2/c1-25-17-7-6-11-4-2-3-5-13(11)14(17)10-23-19(24)18-15(21)8-12(20)9-16(18)22/h2-10H,1H3. The normalized spacial score (nSPS) is 11.2. The van der Waals surface area contributed by atoms with Crippen LogP contribution in [0.5, 0.6) is 5.75 Å². The fourth-order valence-electron chi connectivity index (χ4n) is 2.52. The predicted octanol–water partition coefficient (Wildman–Crippen LogP) is 6.07. The second kappa shape index (κ2) is 7.44. The number of aliphatic imine (C=N–C) groups is 1. The lowest BCUT2D eigenvalue weighted by atomic mass is 10.0. The first-order chi connectivity index (χ1) is 12.0. The van der Waals surface area contributed by atoms with E-state index in [1.165, 1.54) is 18.3 Å². The summed E-state index contributed by atoms with van der Waals surface area (Å²) in [5.74, 6) is 0.0604. The monoisotopic (exact) mass is 391 g/mol. The summed E-state index contributed by atoms with van der Waals surface area (Å²) in [6.45, 7) is 0. The maximum Gasteiger partial charge on any atom is 0.280 e. The van der Waals surface area contributed by atoms with Gasteiger partial charge in [-0.25, -0.2) is 4.99 Å². The molecular formula is C19H12Cl3NO2. The Morgan fingerprint density at radius 2 is 1.72 bits per heavy atom. The van der Waals surface area contributed by atoms with Crippen molar-refractivity contribution in [2.75, 3.05) is 7.11 Å². The van der Waals surface area contributed by atoms with Gasteiger partial charge in [0.2, 0.25) is 0 Å². The van der Waals surface area contributed by atoms with E-state index in [2.05, 4.69) is 4.99 Å². The van der Waals surface area contributed by atoms with E-state index in [1.807, 2.05) is 36.4 Å². The lowest BCUT2D eigenvalue weighted by Crippen LogP contribution is -2.00. The number of ether oxygens (including phenoxy) is 1. The van der Waals surface area contributed by atoms with Crippen LogP contribution in [0.25, 0.3) is 10.8 Å². The lowest BCUT2D eigenvalue weighted by Gasteiger charge is -2.08. The van der Waals surface area contributed by atoms with Gasteiger partial charge in [0.05, 0.1) is 22.7 Å². The van der Waals surface area contributed by atoms with E-state index < -0.39 is 5.91 Å². The summed E-state index contributed by atoms with van der Waals surface area (Å²) >= 11 is 18.0. The molecule has 0 fully saturated rings. The van der Waals surface area contributed by atoms with Crippen molar-refractivity contribution in [1.29, 1.82) is 0 Å². The van der Waals surface area contributed by atoms with E-state index in [0.29, 0.717) is 16.3 Å². The molecule has 0 spiro atoms. The molecule has 0 N–H and O–H groups in total. The summed E-state index contributed by atoms with van der Waals surface area (Å²) in [4.78, 5) is 16.5. The predicted molar refractivity (Wildman–Crippen MR) is 104 cm³/mol. The van der Waals surface area contributed by atoms with Crippen molar-refractivity contribution in [3.8, 4) is 5.75 Å². The number of rotatable bonds is 3. The van der Waals surface area contributed by atoms with Crippen molar-refractivity contribution < 1.29 is 9.53 Å². The van der Waals surface area contributed by atoms with E-state index >= 15 is 0 Å². The fraction of sp³-hybridized carbons (Fsp3) is 0.0526. The Hall–Kier alpha value is -2.07. The van der Waals surface area contributed by atoms with Crippen molar-refractivity contribution in [2.24, 2.45) is 4.99 Å². The fourth-order valence-corrected chi connectivity index (χ4v) is 3.50. The molecule has 0 saturated carbocycles. The molecule has 3 rings (SSSR count). The third kappa shape index (κ3) is 3.64. The van der Waals surface area contributed by atoms with Gasteiger partial charge in [0, 0.05) is 16.8 Å². The van der Waals surface area contributed by atoms with Crippen LogP contribution < -0.4 is 4.74 Å². The second-order valence-corrected chi connectivity index (χ2v) is 6.46. The molecule has 3 aromatic carbocycles. The molecular weight excluding hydrogens is 381 g/mol. The highest BCUT2D eigenvalue weighted by Crippen LogP contribution is 2.30. The Morgan fingerprint density at radius 3 is 2.40 bits per heavy atom. The molecule has 0 aliphatic heterocycles. The summed E-state index contributed by atoms with van der Waals surface area (Å²) in [6.07, 6.45) is 1.46. The minimum absolute atomic E-state index is 0.114. The first kappa shape index (κ1) is 17.7. The zero-order valence-corrected chi connectivity index (χ0v) is 15.4. The molecule has 0 bridgehead atoms. The van der Waals surface area contributed by atoms with Gasteiger partial charge in [-0.3, -0.25) is 4.79 Å². The van der Waals surface area contributed by atoms with Gasteiger partial charge in [0.1, 0.15) is 5.75 Å². The summed E-state index contributed by atoms with van der Waals surface area (Å²) in [6, 6.07) is 14.4. The van der Waals surface area contributed by atoms with Gasteiger partial charge in [0.15, 0.2) is 0 Å². The van der Waals surface area contributed by atoms with E-state index in [-0.39, 0.29) is 15.6 Å². The van der Waals surface area contributed by atoms with Crippen LogP contribution >= 0.6 is 34.8 Å². The number of carbonyl (C=O) groups excluding carboxylic acids is 1. The first-order valence-corrected chi connectivity index (χ1v) is 8.43. The van der Waals surface area contributed by atoms with Crippen molar-refractivity contribution in [3.63, 3.8) is 0 Å².